The standard InChI is InChI=1S/C30H41N3O4/c1-5-6-17-33-26(28(35)32-22-10-8-7-9-19(22)4)30-16-15-23(37-30)24(25(30)29(33)36)27(34)31-21-13-11-20(12-14-21)18(2)3/h11-16,18-19,22-26H,5-10,17H2,1-4H3,(H,31,34)(H,32,35)/t19-,22+,23-,24-,25-,26+,30+/m1/s1. The van der Waals surface area contributed by atoms with Crippen molar-refractivity contribution in [3.05, 3.63) is 42.0 Å². The number of amides is 3. The van der Waals surface area contributed by atoms with Crippen LogP contribution in [0.2, 0.25) is 0 Å². The summed E-state index contributed by atoms with van der Waals surface area (Å²) in [6.45, 7) is 9.00. The molecule has 1 aromatic carbocycles. The maximum absolute atomic E-state index is 13.9. The van der Waals surface area contributed by atoms with Gasteiger partial charge in [0.2, 0.25) is 17.7 Å². The van der Waals surface area contributed by atoms with Crippen LogP contribution in [-0.2, 0) is 19.1 Å². The fourth-order valence-corrected chi connectivity index (χ4v) is 6.81. The van der Waals surface area contributed by atoms with Gasteiger partial charge in [0.25, 0.3) is 0 Å². The highest BCUT2D eigenvalue weighted by Gasteiger charge is 2.72. The first-order valence-electron chi connectivity index (χ1n) is 14.2. The van der Waals surface area contributed by atoms with Gasteiger partial charge in [-0.05, 0) is 48.8 Å². The van der Waals surface area contributed by atoms with Crippen LogP contribution in [0.1, 0.15) is 77.7 Å². The molecular formula is C30H41N3O4. The Kier molecular flexibility index (Phi) is 7.18. The first-order chi connectivity index (χ1) is 17.8. The van der Waals surface area contributed by atoms with Gasteiger partial charge in [-0.15, -0.1) is 0 Å². The summed E-state index contributed by atoms with van der Waals surface area (Å²) in [6.07, 6.45) is 9.31. The van der Waals surface area contributed by atoms with E-state index in [9.17, 15) is 14.4 Å². The SMILES string of the molecule is CCCCN1C(=O)[C@H]2[C@H](C(=O)Nc3ccc(C(C)C)cc3)[C@H]3C=C[C@@]2(O3)[C@@H]1C(=O)N[C@H]1CCCC[C@H]1C. The summed E-state index contributed by atoms with van der Waals surface area (Å²) >= 11 is 0. The third-order valence-electron chi connectivity index (χ3n) is 8.96. The summed E-state index contributed by atoms with van der Waals surface area (Å²) in [4.78, 5) is 43.0. The van der Waals surface area contributed by atoms with Gasteiger partial charge >= 0.3 is 0 Å². The van der Waals surface area contributed by atoms with Gasteiger partial charge in [-0.25, -0.2) is 0 Å². The molecule has 1 spiro atoms. The molecule has 200 valence electrons. The average molecular weight is 508 g/mol. The van der Waals surface area contributed by atoms with Gasteiger partial charge in [-0.3, -0.25) is 14.4 Å². The molecule has 7 nitrogen and oxygen atoms in total. The minimum atomic E-state index is -1.10. The lowest BCUT2D eigenvalue weighted by Gasteiger charge is -2.36. The van der Waals surface area contributed by atoms with Crippen LogP contribution in [0.3, 0.4) is 0 Å². The monoisotopic (exact) mass is 507 g/mol. The molecule has 0 aromatic heterocycles. The molecule has 3 heterocycles. The normalized spacial score (nSPS) is 34.2. The molecule has 0 unspecified atom stereocenters. The summed E-state index contributed by atoms with van der Waals surface area (Å²) < 4.78 is 6.44. The molecule has 1 aliphatic carbocycles. The summed E-state index contributed by atoms with van der Waals surface area (Å²) in [5.41, 5.74) is 0.798. The zero-order chi connectivity index (χ0) is 26.3. The zero-order valence-electron chi connectivity index (χ0n) is 22.5. The van der Waals surface area contributed by atoms with Gasteiger partial charge in [-0.2, -0.15) is 0 Å². The first kappa shape index (κ1) is 26.0. The molecule has 5 rings (SSSR count). The Morgan fingerprint density at radius 1 is 1.14 bits per heavy atom. The number of nitrogens with zero attached hydrogens (tertiary/aromatic N) is 1. The van der Waals surface area contributed by atoms with Crippen LogP contribution in [-0.4, -0.2) is 53.0 Å². The lowest BCUT2D eigenvalue weighted by molar-refractivity contribution is -0.141. The van der Waals surface area contributed by atoms with Crippen molar-refractivity contribution in [3.63, 3.8) is 0 Å². The second-order valence-corrected chi connectivity index (χ2v) is 11.7. The lowest BCUT2D eigenvalue weighted by atomic mass is 9.74. The largest absolute Gasteiger partial charge is 0.359 e. The molecule has 7 atom stereocenters. The van der Waals surface area contributed by atoms with Gasteiger partial charge < -0.3 is 20.3 Å². The Morgan fingerprint density at radius 2 is 1.86 bits per heavy atom. The number of carbonyl (C=O) groups is 3. The van der Waals surface area contributed by atoms with E-state index in [0.717, 1.165) is 32.1 Å². The van der Waals surface area contributed by atoms with Crippen molar-refractivity contribution >= 4 is 23.4 Å². The number of carbonyl (C=O) groups excluding carboxylic acids is 3. The molecular weight excluding hydrogens is 466 g/mol. The third kappa shape index (κ3) is 4.49. The van der Waals surface area contributed by atoms with E-state index in [0.29, 0.717) is 24.1 Å². The predicted octanol–water partition coefficient (Wildman–Crippen LogP) is 4.39. The Bertz CT molecular complexity index is 1070. The van der Waals surface area contributed by atoms with Crippen LogP contribution in [0.5, 0.6) is 0 Å². The van der Waals surface area contributed by atoms with Gasteiger partial charge in [0.05, 0.1) is 17.9 Å². The van der Waals surface area contributed by atoms with Crippen molar-refractivity contribution in [1.82, 2.24) is 10.2 Å². The second kappa shape index (κ2) is 10.2. The number of anilines is 1. The summed E-state index contributed by atoms with van der Waals surface area (Å²) in [6, 6.07) is 7.18. The van der Waals surface area contributed by atoms with E-state index in [-0.39, 0.29) is 23.8 Å². The number of ether oxygens (including phenoxy) is 1. The van der Waals surface area contributed by atoms with E-state index >= 15 is 0 Å². The molecule has 1 aromatic rings. The number of nitrogens with one attached hydrogen (secondary N) is 2. The minimum absolute atomic E-state index is 0.107. The van der Waals surface area contributed by atoms with Crippen molar-refractivity contribution in [2.75, 3.05) is 11.9 Å². The predicted molar refractivity (Wildman–Crippen MR) is 143 cm³/mol. The van der Waals surface area contributed by atoms with Crippen LogP contribution in [0, 0.1) is 17.8 Å². The average Bonchev–Trinajstić information content (AvgIpc) is 3.51. The number of unbranched alkanes of at least 4 members (excludes halogenated alkanes) is 1. The number of fused-ring (bicyclic) bond motifs is 1. The third-order valence-corrected chi connectivity index (χ3v) is 8.96. The fourth-order valence-electron chi connectivity index (χ4n) is 6.81. The summed E-state index contributed by atoms with van der Waals surface area (Å²) in [5.74, 6) is -1.09. The van der Waals surface area contributed by atoms with Gasteiger partial charge in [0.15, 0.2) is 0 Å². The number of hydrogen-bond donors (Lipinski definition) is 2. The van der Waals surface area contributed by atoms with Crippen molar-refractivity contribution < 1.29 is 19.1 Å². The molecule has 2 saturated heterocycles. The van der Waals surface area contributed by atoms with Crippen LogP contribution >= 0.6 is 0 Å². The van der Waals surface area contributed by atoms with E-state index < -0.39 is 29.6 Å². The van der Waals surface area contributed by atoms with Crippen LogP contribution in [0.4, 0.5) is 5.69 Å². The van der Waals surface area contributed by atoms with Crippen molar-refractivity contribution in [2.45, 2.75) is 95.9 Å². The van der Waals surface area contributed by atoms with Crippen LogP contribution < -0.4 is 10.6 Å². The van der Waals surface area contributed by atoms with Gasteiger partial charge in [0.1, 0.15) is 11.6 Å². The lowest BCUT2D eigenvalue weighted by Crippen LogP contribution is -2.57. The maximum Gasteiger partial charge on any atom is 0.246 e. The maximum atomic E-state index is 13.9. The van der Waals surface area contributed by atoms with Crippen molar-refractivity contribution in [1.29, 1.82) is 0 Å². The number of benzene rings is 1. The van der Waals surface area contributed by atoms with Gasteiger partial charge in [0, 0.05) is 18.3 Å². The van der Waals surface area contributed by atoms with Gasteiger partial charge in [-0.1, -0.05) is 71.2 Å². The molecule has 2 N–H and O–H groups in total. The highest BCUT2D eigenvalue weighted by atomic mass is 16.5. The van der Waals surface area contributed by atoms with E-state index in [1.807, 2.05) is 36.4 Å². The smallest absolute Gasteiger partial charge is 0.246 e. The van der Waals surface area contributed by atoms with Crippen molar-refractivity contribution in [2.24, 2.45) is 17.8 Å². The number of hydrogen-bond acceptors (Lipinski definition) is 4. The molecule has 3 fully saturated rings. The zero-order valence-corrected chi connectivity index (χ0v) is 22.5. The van der Waals surface area contributed by atoms with E-state index in [1.165, 1.54) is 12.0 Å². The highest BCUT2D eigenvalue weighted by molar-refractivity contribution is 6.02. The highest BCUT2D eigenvalue weighted by Crippen LogP contribution is 2.55. The first-order valence-corrected chi connectivity index (χ1v) is 14.2. The quantitative estimate of drug-likeness (QED) is 0.511. The Morgan fingerprint density at radius 3 is 2.54 bits per heavy atom. The van der Waals surface area contributed by atoms with Crippen LogP contribution in [0.25, 0.3) is 0 Å². The topological polar surface area (TPSA) is 87.7 Å². The summed E-state index contributed by atoms with van der Waals surface area (Å²) in [7, 11) is 0. The molecule has 0 radical (unpaired) electrons. The Balaban J connectivity index is 1.40. The van der Waals surface area contributed by atoms with E-state index in [2.05, 4.69) is 38.3 Å². The molecule has 37 heavy (non-hydrogen) atoms. The van der Waals surface area contributed by atoms with E-state index in [1.54, 1.807) is 4.90 Å². The molecule has 3 amide bonds. The van der Waals surface area contributed by atoms with E-state index in [4.69, 9.17) is 4.74 Å². The number of likely N-dealkylation sites (tertiary alicyclic amines) is 1. The van der Waals surface area contributed by atoms with Crippen LogP contribution in [0.15, 0.2) is 36.4 Å². The molecule has 1 saturated carbocycles. The Labute approximate surface area is 220 Å². The number of rotatable bonds is 8. The Hall–Kier alpha value is -2.67. The van der Waals surface area contributed by atoms with Crippen molar-refractivity contribution in [3.8, 4) is 0 Å². The molecule has 2 bridgehead atoms. The molecule has 4 aliphatic rings. The molecule has 7 heteroatoms. The second-order valence-electron chi connectivity index (χ2n) is 11.7. The summed E-state index contributed by atoms with van der Waals surface area (Å²) in [5, 5.41) is 6.29. The fraction of sp³-hybridized carbons (Fsp3) is 0.633. The molecule has 3 aliphatic heterocycles. The minimum Gasteiger partial charge on any atom is -0.359 e.